The van der Waals surface area contributed by atoms with E-state index in [1.807, 2.05) is 24.3 Å². The Kier molecular flexibility index (Phi) is 4.47. The van der Waals surface area contributed by atoms with Crippen LogP contribution >= 0.6 is 15.9 Å². The summed E-state index contributed by atoms with van der Waals surface area (Å²) < 4.78 is 14.4. The fourth-order valence-electron chi connectivity index (χ4n) is 2.09. The first-order chi connectivity index (χ1) is 9.91. The van der Waals surface area contributed by atoms with E-state index >= 15 is 0 Å². The normalized spacial score (nSPS) is 10.4. The van der Waals surface area contributed by atoms with E-state index < -0.39 is 11.8 Å². The van der Waals surface area contributed by atoms with Crippen molar-refractivity contribution in [1.82, 2.24) is 0 Å². The van der Waals surface area contributed by atoms with Crippen molar-refractivity contribution in [2.45, 2.75) is 6.54 Å². The zero-order valence-electron chi connectivity index (χ0n) is 11.3. The van der Waals surface area contributed by atoms with Crippen LogP contribution in [0.4, 0.5) is 15.8 Å². The number of aromatic carboxylic acids is 1. The fraction of sp³-hybridized carbons (Fsp3) is 0.133. The van der Waals surface area contributed by atoms with Crippen molar-refractivity contribution in [3.05, 3.63) is 57.8 Å². The molecular weight excluding hydrogens is 339 g/mol. The van der Waals surface area contributed by atoms with Gasteiger partial charge in [-0.1, -0.05) is 34.1 Å². The smallest absolute Gasteiger partial charge is 0.340 e. The lowest BCUT2D eigenvalue weighted by molar-refractivity contribution is 0.0698. The summed E-state index contributed by atoms with van der Waals surface area (Å²) in [5, 5.41) is 9.26. The molecule has 0 aliphatic heterocycles. The maximum absolute atomic E-state index is 13.5. The van der Waals surface area contributed by atoms with Crippen molar-refractivity contribution in [3.63, 3.8) is 0 Å². The number of anilines is 2. The molecule has 0 amide bonds. The SMILES string of the molecule is CN(Cc1ccccc1Br)c1ccc(F)c(N)c1C(=O)O. The highest BCUT2D eigenvalue weighted by molar-refractivity contribution is 9.10. The molecule has 0 saturated carbocycles. The molecule has 0 heterocycles. The van der Waals surface area contributed by atoms with Crippen LogP contribution in [0.3, 0.4) is 0 Å². The molecule has 0 unspecified atom stereocenters. The standard InChI is InChI=1S/C15H14BrFN2O2/c1-19(8-9-4-2-3-5-10(9)16)12-7-6-11(17)14(18)13(12)15(20)21/h2-7H,8,18H2,1H3,(H,20,21). The third-order valence-corrected chi connectivity index (χ3v) is 3.93. The van der Waals surface area contributed by atoms with Gasteiger partial charge in [-0.15, -0.1) is 0 Å². The average Bonchev–Trinajstić information content (AvgIpc) is 2.43. The van der Waals surface area contributed by atoms with Gasteiger partial charge in [-0.3, -0.25) is 0 Å². The zero-order valence-corrected chi connectivity index (χ0v) is 12.9. The summed E-state index contributed by atoms with van der Waals surface area (Å²) in [6, 6.07) is 10.2. The van der Waals surface area contributed by atoms with Crippen LogP contribution in [0.1, 0.15) is 15.9 Å². The highest BCUT2D eigenvalue weighted by Gasteiger charge is 2.20. The maximum atomic E-state index is 13.5. The predicted molar refractivity (Wildman–Crippen MR) is 84.0 cm³/mol. The molecular formula is C15H14BrFN2O2. The van der Waals surface area contributed by atoms with Gasteiger partial charge in [0.1, 0.15) is 11.4 Å². The molecule has 0 radical (unpaired) electrons. The van der Waals surface area contributed by atoms with Crippen molar-refractivity contribution in [1.29, 1.82) is 0 Å². The molecule has 2 aromatic carbocycles. The van der Waals surface area contributed by atoms with Gasteiger partial charge in [0.15, 0.2) is 0 Å². The molecule has 0 fully saturated rings. The van der Waals surface area contributed by atoms with Gasteiger partial charge in [-0.2, -0.15) is 0 Å². The van der Waals surface area contributed by atoms with E-state index in [0.717, 1.165) is 10.0 Å². The molecule has 21 heavy (non-hydrogen) atoms. The van der Waals surface area contributed by atoms with E-state index in [9.17, 15) is 14.3 Å². The van der Waals surface area contributed by atoms with Crippen molar-refractivity contribution in [2.24, 2.45) is 0 Å². The Balaban J connectivity index is 2.40. The minimum atomic E-state index is -1.25. The second kappa shape index (κ2) is 6.13. The molecule has 0 atom stereocenters. The summed E-state index contributed by atoms with van der Waals surface area (Å²) in [5.41, 5.74) is 6.35. The van der Waals surface area contributed by atoms with Gasteiger partial charge in [0, 0.05) is 18.1 Å². The van der Waals surface area contributed by atoms with Crippen LogP contribution in [0.5, 0.6) is 0 Å². The van der Waals surface area contributed by atoms with Crippen molar-refractivity contribution >= 4 is 33.3 Å². The lowest BCUT2D eigenvalue weighted by Gasteiger charge is -2.23. The van der Waals surface area contributed by atoms with Crippen LogP contribution in [-0.4, -0.2) is 18.1 Å². The summed E-state index contributed by atoms with van der Waals surface area (Å²) >= 11 is 3.44. The molecule has 0 aromatic heterocycles. The van der Waals surface area contributed by atoms with Gasteiger partial charge in [0.05, 0.1) is 11.4 Å². The molecule has 6 heteroatoms. The Morgan fingerprint density at radius 2 is 2.00 bits per heavy atom. The Labute approximate surface area is 130 Å². The monoisotopic (exact) mass is 352 g/mol. The van der Waals surface area contributed by atoms with Crippen LogP contribution < -0.4 is 10.6 Å². The van der Waals surface area contributed by atoms with Gasteiger partial charge in [0.2, 0.25) is 0 Å². The number of nitrogens with two attached hydrogens (primary N) is 1. The van der Waals surface area contributed by atoms with E-state index in [1.165, 1.54) is 12.1 Å². The number of carboxylic acid groups (broad SMARTS) is 1. The van der Waals surface area contributed by atoms with Gasteiger partial charge in [0.25, 0.3) is 0 Å². The Morgan fingerprint density at radius 3 is 2.62 bits per heavy atom. The minimum Gasteiger partial charge on any atom is -0.478 e. The maximum Gasteiger partial charge on any atom is 0.340 e. The lowest BCUT2D eigenvalue weighted by atomic mass is 10.1. The first-order valence-electron chi connectivity index (χ1n) is 6.17. The van der Waals surface area contributed by atoms with Crippen LogP contribution in [-0.2, 0) is 6.54 Å². The number of carboxylic acids is 1. The van der Waals surface area contributed by atoms with Crippen LogP contribution in [0, 0.1) is 5.82 Å². The number of nitrogen functional groups attached to an aromatic ring is 1. The summed E-state index contributed by atoms with van der Waals surface area (Å²) in [4.78, 5) is 13.1. The molecule has 110 valence electrons. The number of hydrogen-bond donors (Lipinski definition) is 2. The largest absolute Gasteiger partial charge is 0.478 e. The molecule has 0 bridgehead atoms. The number of rotatable bonds is 4. The molecule has 0 aliphatic rings. The molecule has 4 nitrogen and oxygen atoms in total. The minimum absolute atomic E-state index is 0.218. The average molecular weight is 353 g/mol. The number of nitrogens with zero attached hydrogens (tertiary/aromatic N) is 1. The first kappa shape index (κ1) is 15.3. The Hall–Kier alpha value is -2.08. The fourth-order valence-corrected chi connectivity index (χ4v) is 2.50. The molecule has 2 aromatic rings. The number of hydrogen-bond acceptors (Lipinski definition) is 3. The lowest BCUT2D eigenvalue weighted by Crippen LogP contribution is -2.21. The van der Waals surface area contributed by atoms with Crippen molar-refractivity contribution < 1.29 is 14.3 Å². The van der Waals surface area contributed by atoms with Crippen LogP contribution in [0.25, 0.3) is 0 Å². The molecule has 2 rings (SSSR count). The van der Waals surface area contributed by atoms with Gasteiger partial charge in [-0.25, -0.2) is 9.18 Å². The zero-order chi connectivity index (χ0) is 15.6. The third kappa shape index (κ3) is 3.16. The predicted octanol–water partition coefficient (Wildman–Crippen LogP) is 3.51. The van der Waals surface area contributed by atoms with Gasteiger partial charge in [-0.05, 0) is 23.8 Å². The van der Waals surface area contributed by atoms with E-state index in [2.05, 4.69) is 15.9 Å². The van der Waals surface area contributed by atoms with Crippen LogP contribution in [0.2, 0.25) is 0 Å². The summed E-state index contributed by atoms with van der Waals surface area (Å²) in [5.74, 6) is -1.98. The van der Waals surface area contributed by atoms with E-state index in [1.54, 1.807) is 11.9 Å². The highest BCUT2D eigenvalue weighted by atomic mass is 79.9. The van der Waals surface area contributed by atoms with Gasteiger partial charge >= 0.3 is 5.97 Å². The van der Waals surface area contributed by atoms with E-state index in [-0.39, 0.29) is 11.3 Å². The van der Waals surface area contributed by atoms with Gasteiger partial charge < -0.3 is 15.7 Å². The quantitative estimate of drug-likeness (QED) is 0.826. The first-order valence-corrected chi connectivity index (χ1v) is 6.97. The number of benzene rings is 2. The number of carbonyl (C=O) groups is 1. The second-order valence-corrected chi connectivity index (χ2v) is 5.46. The second-order valence-electron chi connectivity index (χ2n) is 4.61. The molecule has 0 saturated heterocycles. The van der Waals surface area contributed by atoms with E-state index in [0.29, 0.717) is 12.2 Å². The molecule has 0 aliphatic carbocycles. The van der Waals surface area contributed by atoms with Crippen LogP contribution in [0.15, 0.2) is 40.9 Å². The Morgan fingerprint density at radius 1 is 1.33 bits per heavy atom. The topological polar surface area (TPSA) is 66.6 Å². The van der Waals surface area contributed by atoms with Crippen molar-refractivity contribution in [3.8, 4) is 0 Å². The van der Waals surface area contributed by atoms with Crippen molar-refractivity contribution in [2.75, 3.05) is 17.7 Å². The third-order valence-electron chi connectivity index (χ3n) is 3.16. The highest BCUT2D eigenvalue weighted by Crippen LogP contribution is 2.29. The summed E-state index contributed by atoms with van der Waals surface area (Å²) in [6.45, 7) is 0.465. The number of halogens is 2. The summed E-state index contributed by atoms with van der Waals surface area (Å²) in [7, 11) is 1.73. The van der Waals surface area contributed by atoms with E-state index in [4.69, 9.17) is 5.73 Å². The summed E-state index contributed by atoms with van der Waals surface area (Å²) in [6.07, 6.45) is 0. The molecule has 3 N–H and O–H groups in total. The Bertz CT molecular complexity index is 691. The molecule has 0 spiro atoms.